The summed E-state index contributed by atoms with van der Waals surface area (Å²) < 4.78 is 0. The summed E-state index contributed by atoms with van der Waals surface area (Å²) in [5.41, 5.74) is 7.51. The highest BCUT2D eigenvalue weighted by Crippen LogP contribution is 1.83. The lowest BCUT2D eigenvalue weighted by Crippen LogP contribution is -2.15. The molecule has 10 heavy (non-hydrogen) atoms. The smallest absolute Gasteiger partial charge is 0.288 e. The zero-order valence-corrected chi connectivity index (χ0v) is 5.40. The van der Waals surface area contributed by atoms with E-state index < -0.39 is 5.91 Å². The maximum Gasteiger partial charge on any atom is 0.288 e. The second kappa shape index (κ2) is 2.34. The topological polar surface area (TPSA) is 85.8 Å². The summed E-state index contributed by atoms with van der Waals surface area (Å²) in [6, 6.07) is 0. The quantitative estimate of drug-likeness (QED) is 0.527. The lowest BCUT2D eigenvalue weighted by molar-refractivity contribution is 0.0990. The molecule has 1 heterocycles. The second-order valence-corrected chi connectivity index (χ2v) is 1.60. The van der Waals surface area contributed by atoms with Gasteiger partial charge in [0.15, 0.2) is 0 Å². The summed E-state index contributed by atoms with van der Waals surface area (Å²) in [4.78, 5) is 15.3. The molecule has 0 unspecified atom stereocenters. The SMILES string of the molecule is CNn1cnc(C(N)=O)n1. The first-order valence-electron chi connectivity index (χ1n) is 2.63. The average Bonchev–Trinajstić information content (AvgIpc) is 2.34. The van der Waals surface area contributed by atoms with Gasteiger partial charge in [0.05, 0.1) is 0 Å². The number of hydrogen-bond acceptors (Lipinski definition) is 4. The van der Waals surface area contributed by atoms with E-state index in [0.29, 0.717) is 0 Å². The van der Waals surface area contributed by atoms with E-state index >= 15 is 0 Å². The summed E-state index contributed by atoms with van der Waals surface area (Å²) in [5.74, 6) is -0.622. The van der Waals surface area contributed by atoms with E-state index in [9.17, 15) is 4.79 Å². The van der Waals surface area contributed by atoms with Gasteiger partial charge in [0.25, 0.3) is 5.91 Å². The molecule has 0 aliphatic rings. The van der Waals surface area contributed by atoms with Crippen molar-refractivity contribution in [1.29, 1.82) is 0 Å². The van der Waals surface area contributed by atoms with E-state index in [1.54, 1.807) is 7.05 Å². The van der Waals surface area contributed by atoms with Crippen LogP contribution in [0.2, 0.25) is 0 Å². The molecule has 0 aliphatic carbocycles. The van der Waals surface area contributed by atoms with Crippen molar-refractivity contribution in [3.8, 4) is 0 Å². The zero-order chi connectivity index (χ0) is 7.56. The zero-order valence-electron chi connectivity index (χ0n) is 5.40. The number of nitrogens with one attached hydrogen (secondary N) is 1. The Morgan fingerprint density at radius 2 is 2.60 bits per heavy atom. The molecule has 0 saturated carbocycles. The Bertz CT molecular complexity index is 242. The van der Waals surface area contributed by atoms with Crippen molar-refractivity contribution in [2.24, 2.45) is 5.73 Å². The van der Waals surface area contributed by atoms with E-state index in [2.05, 4.69) is 15.5 Å². The van der Waals surface area contributed by atoms with Crippen LogP contribution in [-0.4, -0.2) is 27.8 Å². The number of carbonyl (C=O) groups is 1. The summed E-state index contributed by atoms with van der Waals surface area (Å²) >= 11 is 0. The van der Waals surface area contributed by atoms with E-state index in [1.807, 2.05) is 0 Å². The van der Waals surface area contributed by atoms with Gasteiger partial charge in [-0.05, 0) is 0 Å². The molecule has 0 spiro atoms. The third-order valence-electron chi connectivity index (χ3n) is 0.941. The van der Waals surface area contributed by atoms with Crippen LogP contribution in [0.5, 0.6) is 0 Å². The first kappa shape index (κ1) is 6.53. The number of aromatic nitrogens is 3. The molecule has 0 atom stereocenters. The van der Waals surface area contributed by atoms with Crippen LogP contribution >= 0.6 is 0 Å². The fourth-order valence-corrected chi connectivity index (χ4v) is 0.484. The number of nitrogens with two attached hydrogens (primary N) is 1. The predicted octanol–water partition coefficient (Wildman–Crippen LogP) is -1.45. The Labute approximate surface area is 57.0 Å². The Morgan fingerprint density at radius 3 is 2.90 bits per heavy atom. The van der Waals surface area contributed by atoms with E-state index in [4.69, 9.17) is 5.73 Å². The van der Waals surface area contributed by atoms with Crippen molar-refractivity contribution < 1.29 is 4.79 Å². The first-order valence-corrected chi connectivity index (χ1v) is 2.63. The van der Waals surface area contributed by atoms with Gasteiger partial charge in [0.1, 0.15) is 6.33 Å². The monoisotopic (exact) mass is 141 g/mol. The lowest BCUT2D eigenvalue weighted by atomic mass is 10.6. The summed E-state index contributed by atoms with van der Waals surface area (Å²) in [6.07, 6.45) is 1.36. The van der Waals surface area contributed by atoms with Crippen molar-refractivity contribution in [2.75, 3.05) is 12.5 Å². The summed E-state index contributed by atoms with van der Waals surface area (Å²) in [7, 11) is 1.65. The molecule has 1 aromatic rings. The molecule has 0 fully saturated rings. The molecule has 3 N–H and O–H groups in total. The molecular weight excluding hydrogens is 134 g/mol. The summed E-state index contributed by atoms with van der Waals surface area (Å²) in [6.45, 7) is 0. The van der Waals surface area contributed by atoms with Gasteiger partial charge < -0.3 is 11.2 Å². The number of rotatable bonds is 2. The molecule has 0 bridgehead atoms. The highest BCUT2D eigenvalue weighted by molar-refractivity contribution is 5.88. The molecule has 54 valence electrons. The van der Waals surface area contributed by atoms with E-state index in [1.165, 1.54) is 11.1 Å². The highest BCUT2D eigenvalue weighted by atomic mass is 16.1. The number of amides is 1. The first-order chi connectivity index (χ1) is 4.74. The highest BCUT2D eigenvalue weighted by Gasteiger charge is 2.04. The largest absolute Gasteiger partial charge is 0.363 e. The van der Waals surface area contributed by atoms with Crippen LogP contribution in [0.1, 0.15) is 10.6 Å². The number of nitrogens with zero attached hydrogens (tertiary/aromatic N) is 3. The van der Waals surface area contributed by atoms with Gasteiger partial charge in [-0.3, -0.25) is 4.79 Å². The maximum absolute atomic E-state index is 10.4. The van der Waals surface area contributed by atoms with Gasteiger partial charge in [-0.15, -0.1) is 5.10 Å². The minimum absolute atomic E-state index is 0.00866. The fraction of sp³-hybridized carbons (Fsp3) is 0.250. The van der Waals surface area contributed by atoms with Crippen molar-refractivity contribution >= 4 is 5.91 Å². The van der Waals surface area contributed by atoms with Gasteiger partial charge >= 0.3 is 0 Å². The second-order valence-electron chi connectivity index (χ2n) is 1.60. The van der Waals surface area contributed by atoms with Crippen LogP contribution in [0.15, 0.2) is 6.33 Å². The molecule has 0 aliphatic heterocycles. The minimum Gasteiger partial charge on any atom is -0.363 e. The Hall–Kier alpha value is -1.59. The standard InChI is InChI=1S/C4H7N5O/c1-6-9-2-7-4(8-9)3(5)10/h2,6H,1H3,(H2,5,10). The molecule has 6 nitrogen and oxygen atoms in total. The van der Waals surface area contributed by atoms with Crippen LogP contribution in [0.4, 0.5) is 0 Å². The average molecular weight is 141 g/mol. The Morgan fingerprint density at radius 1 is 1.90 bits per heavy atom. The van der Waals surface area contributed by atoms with Crippen molar-refractivity contribution in [2.45, 2.75) is 0 Å². The van der Waals surface area contributed by atoms with Crippen molar-refractivity contribution in [3.63, 3.8) is 0 Å². The van der Waals surface area contributed by atoms with Crippen LogP contribution in [0.3, 0.4) is 0 Å². The normalized spacial score (nSPS) is 9.30. The van der Waals surface area contributed by atoms with Crippen LogP contribution in [0.25, 0.3) is 0 Å². The molecule has 0 aromatic carbocycles. The minimum atomic E-state index is -0.631. The lowest BCUT2D eigenvalue weighted by Gasteiger charge is -1.92. The Kier molecular flexibility index (Phi) is 1.53. The molecule has 0 radical (unpaired) electrons. The van der Waals surface area contributed by atoms with Gasteiger partial charge in [-0.1, -0.05) is 0 Å². The fourth-order valence-electron chi connectivity index (χ4n) is 0.484. The number of carbonyl (C=O) groups excluding carboxylic acids is 1. The van der Waals surface area contributed by atoms with Gasteiger partial charge in [-0.2, -0.15) is 4.79 Å². The maximum atomic E-state index is 10.4. The van der Waals surface area contributed by atoms with Gasteiger partial charge in [0.2, 0.25) is 5.82 Å². The molecule has 1 aromatic heterocycles. The third-order valence-corrected chi connectivity index (χ3v) is 0.941. The van der Waals surface area contributed by atoms with E-state index in [0.717, 1.165) is 0 Å². The van der Waals surface area contributed by atoms with Crippen LogP contribution in [-0.2, 0) is 0 Å². The number of primary amides is 1. The van der Waals surface area contributed by atoms with E-state index in [-0.39, 0.29) is 5.82 Å². The van der Waals surface area contributed by atoms with Crippen molar-refractivity contribution in [3.05, 3.63) is 12.2 Å². The predicted molar refractivity (Wildman–Crippen MR) is 33.8 cm³/mol. The third kappa shape index (κ3) is 1.04. The van der Waals surface area contributed by atoms with Crippen molar-refractivity contribution in [1.82, 2.24) is 14.9 Å². The summed E-state index contributed by atoms with van der Waals surface area (Å²) in [5, 5.41) is 3.65. The molecule has 6 heteroatoms. The molecule has 1 amide bonds. The van der Waals surface area contributed by atoms with Gasteiger partial charge in [-0.25, -0.2) is 4.98 Å². The van der Waals surface area contributed by atoms with Crippen LogP contribution < -0.4 is 11.2 Å². The molecule has 1 rings (SSSR count). The van der Waals surface area contributed by atoms with Gasteiger partial charge in [0, 0.05) is 7.05 Å². The Balaban J connectivity index is 2.88. The molecular formula is C4H7N5O. The number of hydrogen-bond donors (Lipinski definition) is 2. The van der Waals surface area contributed by atoms with Crippen LogP contribution in [0, 0.1) is 0 Å². The molecule has 0 saturated heterocycles.